The molecule has 0 aliphatic heterocycles. The Morgan fingerprint density at radius 3 is 2.60 bits per heavy atom. The number of para-hydroxylation sites is 1. The fourth-order valence-electron chi connectivity index (χ4n) is 2.18. The topological polar surface area (TPSA) is 93.0 Å². The number of nitro groups is 1. The molecule has 0 unspecified atom stereocenters. The molecule has 7 nitrogen and oxygen atoms in total. The van der Waals surface area contributed by atoms with Crippen molar-refractivity contribution in [2.45, 2.75) is 31.6 Å². The Balaban J connectivity index is 1.82. The molecule has 2 N–H and O–H groups in total. The van der Waals surface area contributed by atoms with Crippen LogP contribution in [0.25, 0.3) is 0 Å². The number of hydrogen-bond acceptors (Lipinski definition) is 6. The van der Waals surface area contributed by atoms with Crippen LogP contribution < -0.4 is 10.6 Å². The summed E-state index contributed by atoms with van der Waals surface area (Å²) in [6, 6.07) is 6.87. The highest BCUT2D eigenvalue weighted by Crippen LogP contribution is 2.31. The molecule has 1 aliphatic rings. The lowest BCUT2D eigenvalue weighted by atomic mass is 10.2. The van der Waals surface area contributed by atoms with Gasteiger partial charge in [0.05, 0.1) is 4.92 Å². The second-order valence-electron chi connectivity index (χ2n) is 5.62. The number of anilines is 2. The predicted octanol–water partition coefficient (Wildman–Crippen LogP) is 3.59. The molecule has 1 aromatic heterocycles. The SMILES string of the molecule is O=[N+]([O-])c1ccccc1CNc1cc(C(F)(F)F)nc(NC2CC2)n1. The van der Waals surface area contributed by atoms with E-state index in [1.165, 1.54) is 18.2 Å². The molecule has 0 atom stereocenters. The lowest BCUT2D eigenvalue weighted by Crippen LogP contribution is -2.15. The first-order valence-corrected chi connectivity index (χ1v) is 7.52. The van der Waals surface area contributed by atoms with Gasteiger partial charge in [0.1, 0.15) is 5.82 Å². The maximum Gasteiger partial charge on any atom is 0.433 e. The summed E-state index contributed by atoms with van der Waals surface area (Å²) >= 11 is 0. The molecule has 0 spiro atoms. The van der Waals surface area contributed by atoms with Gasteiger partial charge < -0.3 is 10.6 Å². The van der Waals surface area contributed by atoms with Crippen LogP contribution in [0.3, 0.4) is 0 Å². The van der Waals surface area contributed by atoms with Crippen LogP contribution in [-0.4, -0.2) is 20.9 Å². The lowest BCUT2D eigenvalue weighted by molar-refractivity contribution is -0.385. The zero-order chi connectivity index (χ0) is 18.0. The number of rotatable bonds is 6. The van der Waals surface area contributed by atoms with Crippen LogP contribution in [0.2, 0.25) is 0 Å². The number of nitrogens with zero attached hydrogens (tertiary/aromatic N) is 3. The lowest BCUT2D eigenvalue weighted by Gasteiger charge is -2.12. The van der Waals surface area contributed by atoms with Crippen molar-refractivity contribution in [3.8, 4) is 0 Å². The molecule has 0 bridgehead atoms. The Morgan fingerprint density at radius 2 is 1.96 bits per heavy atom. The summed E-state index contributed by atoms with van der Waals surface area (Å²) in [5.41, 5.74) is -0.844. The van der Waals surface area contributed by atoms with E-state index in [1.807, 2.05) is 0 Å². The molecule has 3 rings (SSSR count). The molecule has 1 saturated carbocycles. The average molecular weight is 353 g/mol. The molecule has 1 aromatic carbocycles. The summed E-state index contributed by atoms with van der Waals surface area (Å²) in [5.74, 6) is -0.161. The van der Waals surface area contributed by atoms with E-state index in [0.29, 0.717) is 5.56 Å². The average Bonchev–Trinajstić information content (AvgIpc) is 3.36. The number of nitrogens with one attached hydrogen (secondary N) is 2. The Labute approximate surface area is 140 Å². The molecule has 132 valence electrons. The second-order valence-corrected chi connectivity index (χ2v) is 5.62. The van der Waals surface area contributed by atoms with Gasteiger partial charge in [-0.05, 0) is 12.8 Å². The summed E-state index contributed by atoms with van der Waals surface area (Å²) in [6.07, 6.45) is -2.89. The Hall–Kier alpha value is -2.91. The van der Waals surface area contributed by atoms with Crippen LogP contribution in [0.5, 0.6) is 0 Å². The number of halogens is 3. The van der Waals surface area contributed by atoms with Crippen LogP contribution in [0.4, 0.5) is 30.6 Å². The van der Waals surface area contributed by atoms with E-state index in [1.54, 1.807) is 6.07 Å². The molecule has 0 amide bonds. The molecular weight excluding hydrogens is 339 g/mol. The molecule has 25 heavy (non-hydrogen) atoms. The Morgan fingerprint density at radius 1 is 1.24 bits per heavy atom. The van der Waals surface area contributed by atoms with E-state index in [-0.39, 0.29) is 30.0 Å². The number of nitro benzene ring substituents is 1. The molecule has 0 radical (unpaired) electrons. The Kier molecular flexibility index (Phi) is 4.43. The van der Waals surface area contributed by atoms with E-state index in [2.05, 4.69) is 20.6 Å². The van der Waals surface area contributed by atoms with Gasteiger partial charge in [0.25, 0.3) is 5.69 Å². The van der Waals surface area contributed by atoms with Crippen LogP contribution in [-0.2, 0) is 12.7 Å². The smallest absolute Gasteiger partial charge is 0.366 e. The summed E-state index contributed by atoms with van der Waals surface area (Å²) in [7, 11) is 0. The summed E-state index contributed by atoms with van der Waals surface area (Å²) < 4.78 is 39.0. The van der Waals surface area contributed by atoms with Crippen LogP contribution in [0, 0.1) is 10.1 Å². The highest BCUT2D eigenvalue weighted by Gasteiger charge is 2.34. The van der Waals surface area contributed by atoms with Crippen molar-refractivity contribution in [3.05, 3.63) is 51.7 Å². The highest BCUT2D eigenvalue weighted by atomic mass is 19.4. The second kappa shape index (κ2) is 6.54. The first-order valence-electron chi connectivity index (χ1n) is 7.52. The zero-order valence-electron chi connectivity index (χ0n) is 12.9. The van der Waals surface area contributed by atoms with Crippen molar-refractivity contribution >= 4 is 17.5 Å². The standard InChI is InChI=1S/C15H14F3N5O2/c16-15(17,18)12-7-13(22-14(21-12)20-10-5-6-10)19-8-9-3-1-2-4-11(9)23(24)25/h1-4,7,10H,5-6,8H2,(H2,19,20,21,22). The molecule has 10 heteroatoms. The van der Waals surface area contributed by atoms with E-state index in [9.17, 15) is 23.3 Å². The fourth-order valence-corrected chi connectivity index (χ4v) is 2.18. The van der Waals surface area contributed by atoms with Gasteiger partial charge in [-0.25, -0.2) is 4.98 Å². The number of alkyl halides is 3. The third kappa shape index (κ3) is 4.34. The van der Waals surface area contributed by atoms with E-state index < -0.39 is 16.8 Å². The van der Waals surface area contributed by atoms with Crippen molar-refractivity contribution in [2.24, 2.45) is 0 Å². The van der Waals surface area contributed by atoms with Crippen LogP contribution >= 0.6 is 0 Å². The van der Waals surface area contributed by atoms with Gasteiger partial charge in [-0.2, -0.15) is 18.2 Å². The van der Waals surface area contributed by atoms with Gasteiger partial charge in [0.15, 0.2) is 5.69 Å². The fraction of sp³-hybridized carbons (Fsp3) is 0.333. The largest absolute Gasteiger partial charge is 0.433 e. The minimum absolute atomic E-state index is 0.0334. The number of aromatic nitrogens is 2. The van der Waals surface area contributed by atoms with Crippen molar-refractivity contribution in [2.75, 3.05) is 10.6 Å². The van der Waals surface area contributed by atoms with Crippen LogP contribution in [0.1, 0.15) is 24.1 Å². The van der Waals surface area contributed by atoms with Gasteiger partial charge in [0, 0.05) is 30.3 Å². The van der Waals surface area contributed by atoms with Gasteiger partial charge >= 0.3 is 6.18 Å². The van der Waals surface area contributed by atoms with Gasteiger partial charge in [-0.3, -0.25) is 10.1 Å². The van der Waals surface area contributed by atoms with Crippen molar-refractivity contribution in [1.82, 2.24) is 9.97 Å². The molecule has 2 aromatic rings. The third-order valence-corrected chi connectivity index (χ3v) is 3.58. The van der Waals surface area contributed by atoms with Crippen molar-refractivity contribution in [3.63, 3.8) is 0 Å². The molecular formula is C15H14F3N5O2. The normalized spacial score (nSPS) is 14.2. The van der Waals surface area contributed by atoms with Gasteiger partial charge in [0.2, 0.25) is 5.95 Å². The Bertz CT molecular complexity index is 793. The van der Waals surface area contributed by atoms with Crippen molar-refractivity contribution in [1.29, 1.82) is 0 Å². The molecule has 1 aliphatic carbocycles. The molecule has 1 heterocycles. The van der Waals surface area contributed by atoms with Gasteiger partial charge in [-0.15, -0.1) is 0 Å². The third-order valence-electron chi connectivity index (χ3n) is 3.58. The quantitative estimate of drug-likeness (QED) is 0.609. The number of hydrogen-bond donors (Lipinski definition) is 2. The predicted molar refractivity (Wildman–Crippen MR) is 84.1 cm³/mol. The maximum absolute atomic E-state index is 13.0. The van der Waals surface area contributed by atoms with Crippen LogP contribution in [0.15, 0.2) is 30.3 Å². The van der Waals surface area contributed by atoms with E-state index >= 15 is 0 Å². The monoisotopic (exact) mass is 353 g/mol. The summed E-state index contributed by atoms with van der Waals surface area (Å²) in [6.45, 7) is -0.0334. The minimum Gasteiger partial charge on any atom is -0.366 e. The zero-order valence-corrected chi connectivity index (χ0v) is 12.9. The summed E-state index contributed by atoms with van der Waals surface area (Å²) in [4.78, 5) is 18.0. The van der Waals surface area contributed by atoms with E-state index in [0.717, 1.165) is 18.9 Å². The van der Waals surface area contributed by atoms with Gasteiger partial charge in [-0.1, -0.05) is 18.2 Å². The first-order chi connectivity index (χ1) is 11.8. The van der Waals surface area contributed by atoms with E-state index in [4.69, 9.17) is 0 Å². The molecule has 0 saturated heterocycles. The maximum atomic E-state index is 13.0. The highest BCUT2D eigenvalue weighted by molar-refractivity contribution is 5.47. The minimum atomic E-state index is -4.61. The molecule has 1 fully saturated rings. The first kappa shape index (κ1) is 16.9. The summed E-state index contributed by atoms with van der Waals surface area (Å²) in [5, 5.41) is 16.5. The van der Waals surface area contributed by atoms with Crippen molar-refractivity contribution < 1.29 is 18.1 Å². The number of benzene rings is 1.